The first-order valence-electron chi connectivity index (χ1n) is 4.58. The van der Waals surface area contributed by atoms with Gasteiger partial charge in [0.1, 0.15) is 4.88 Å². The first-order chi connectivity index (χ1) is 7.72. The molecular formula is C12H8O2S2. The van der Waals surface area contributed by atoms with Crippen LogP contribution in [-0.2, 0) is 0 Å². The zero-order valence-electron chi connectivity index (χ0n) is 8.23. The van der Waals surface area contributed by atoms with E-state index in [-0.39, 0.29) is 0 Å². The van der Waals surface area contributed by atoms with Crippen molar-refractivity contribution in [2.24, 2.45) is 0 Å². The molecule has 0 aliphatic heterocycles. The van der Waals surface area contributed by atoms with Crippen molar-refractivity contribution in [1.82, 2.24) is 0 Å². The third-order valence-corrected chi connectivity index (χ3v) is 3.32. The van der Waals surface area contributed by atoms with Crippen LogP contribution in [0.5, 0.6) is 0 Å². The van der Waals surface area contributed by atoms with E-state index < -0.39 is 5.97 Å². The van der Waals surface area contributed by atoms with E-state index in [1.54, 1.807) is 6.07 Å². The lowest BCUT2D eigenvalue weighted by Crippen LogP contribution is -1.89. The largest absolute Gasteiger partial charge is 0.477 e. The molecule has 0 saturated carbocycles. The second-order valence-corrected chi connectivity index (χ2v) is 4.49. The standard InChI is InChI=1S/C12H8O2S2/c13-12(14)11-7-9-8(4-2-6-15)3-1-5-10(9)16-11/h1,3,5,7,15H,6H2,(H,13,14). The molecule has 0 spiro atoms. The maximum atomic E-state index is 10.9. The van der Waals surface area contributed by atoms with Gasteiger partial charge in [0.15, 0.2) is 0 Å². The van der Waals surface area contributed by atoms with Crippen LogP contribution in [0.3, 0.4) is 0 Å². The Hall–Kier alpha value is -1.44. The van der Waals surface area contributed by atoms with Crippen molar-refractivity contribution in [3.05, 3.63) is 34.7 Å². The number of benzene rings is 1. The van der Waals surface area contributed by atoms with E-state index >= 15 is 0 Å². The van der Waals surface area contributed by atoms with E-state index in [0.29, 0.717) is 10.6 Å². The molecule has 0 amide bonds. The highest BCUT2D eigenvalue weighted by atomic mass is 32.1. The third-order valence-electron chi connectivity index (χ3n) is 2.07. The average molecular weight is 248 g/mol. The van der Waals surface area contributed by atoms with Crippen LogP contribution in [-0.4, -0.2) is 16.8 Å². The molecule has 1 aromatic carbocycles. The number of rotatable bonds is 1. The fourth-order valence-electron chi connectivity index (χ4n) is 1.41. The number of thiophene rings is 1. The van der Waals surface area contributed by atoms with Gasteiger partial charge in [-0.25, -0.2) is 4.79 Å². The van der Waals surface area contributed by atoms with Crippen molar-refractivity contribution in [2.45, 2.75) is 0 Å². The second kappa shape index (κ2) is 4.60. The topological polar surface area (TPSA) is 37.3 Å². The molecule has 1 aromatic heterocycles. The monoisotopic (exact) mass is 248 g/mol. The molecule has 4 heteroatoms. The minimum Gasteiger partial charge on any atom is -0.477 e. The highest BCUT2D eigenvalue weighted by Gasteiger charge is 2.09. The van der Waals surface area contributed by atoms with Crippen molar-refractivity contribution in [1.29, 1.82) is 0 Å². The van der Waals surface area contributed by atoms with Crippen LogP contribution < -0.4 is 0 Å². The fraction of sp³-hybridized carbons (Fsp3) is 0.0833. The Labute approximate surface area is 102 Å². The van der Waals surface area contributed by atoms with E-state index in [2.05, 4.69) is 24.5 Å². The summed E-state index contributed by atoms with van der Waals surface area (Å²) in [6, 6.07) is 7.34. The predicted molar refractivity (Wildman–Crippen MR) is 69.5 cm³/mol. The fourth-order valence-corrected chi connectivity index (χ4v) is 2.42. The Morgan fingerprint density at radius 1 is 1.50 bits per heavy atom. The number of thiol groups is 1. The molecule has 2 rings (SSSR count). The summed E-state index contributed by atoms with van der Waals surface area (Å²) < 4.78 is 0.948. The molecule has 0 aliphatic carbocycles. The Bertz CT molecular complexity index is 602. The van der Waals surface area contributed by atoms with E-state index in [4.69, 9.17) is 5.11 Å². The molecule has 0 unspecified atom stereocenters. The van der Waals surface area contributed by atoms with Crippen LogP contribution in [0.2, 0.25) is 0 Å². The summed E-state index contributed by atoms with van der Waals surface area (Å²) in [7, 11) is 0. The summed E-state index contributed by atoms with van der Waals surface area (Å²) in [6.45, 7) is 0. The smallest absolute Gasteiger partial charge is 0.345 e. The van der Waals surface area contributed by atoms with Gasteiger partial charge in [0, 0.05) is 15.6 Å². The molecule has 0 aliphatic rings. The van der Waals surface area contributed by atoms with Crippen LogP contribution in [0.4, 0.5) is 0 Å². The van der Waals surface area contributed by atoms with Gasteiger partial charge in [0.05, 0.1) is 5.75 Å². The quantitative estimate of drug-likeness (QED) is 0.601. The van der Waals surface area contributed by atoms with Crippen LogP contribution in [0.25, 0.3) is 10.1 Å². The van der Waals surface area contributed by atoms with Crippen LogP contribution in [0, 0.1) is 11.8 Å². The van der Waals surface area contributed by atoms with Crippen molar-refractivity contribution in [3.63, 3.8) is 0 Å². The molecular weight excluding hydrogens is 240 g/mol. The van der Waals surface area contributed by atoms with E-state index in [9.17, 15) is 4.79 Å². The zero-order valence-corrected chi connectivity index (χ0v) is 9.94. The Balaban J connectivity index is 2.63. The van der Waals surface area contributed by atoms with Crippen molar-refractivity contribution < 1.29 is 9.90 Å². The number of hydrogen-bond acceptors (Lipinski definition) is 3. The lowest BCUT2D eigenvalue weighted by Gasteiger charge is -1.92. The second-order valence-electron chi connectivity index (χ2n) is 3.09. The van der Waals surface area contributed by atoms with Crippen molar-refractivity contribution >= 4 is 40.0 Å². The molecule has 0 bridgehead atoms. The van der Waals surface area contributed by atoms with Crippen molar-refractivity contribution in [2.75, 3.05) is 5.75 Å². The lowest BCUT2D eigenvalue weighted by molar-refractivity contribution is 0.0702. The number of carboxylic acids is 1. The molecule has 0 saturated heterocycles. The Morgan fingerprint density at radius 2 is 2.31 bits per heavy atom. The summed E-state index contributed by atoms with van der Waals surface area (Å²) >= 11 is 5.28. The highest BCUT2D eigenvalue weighted by molar-refractivity contribution is 7.80. The highest BCUT2D eigenvalue weighted by Crippen LogP contribution is 2.27. The van der Waals surface area contributed by atoms with Crippen LogP contribution >= 0.6 is 24.0 Å². The normalized spacial score (nSPS) is 9.81. The predicted octanol–water partition coefficient (Wildman–Crippen LogP) is 2.88. The Kier molecular flexibility index (Phi) is 3.18. The molecule has 0 fully saturated rings. The number of carboxylic acid groups (broad SMARTS) is 1. The van der Waals surface area contributed by atoms with Gasteiger partial charge in [-0.2, -0.15) is 12.6 Å². The number of fused-ring (bicyclic) bond motifs is 1. The zero-order chi connectivity index (χ0) is 11.5. The molecule has 0 radical (unpaired) electrons. The maximum absolute atomic E-state index is 10.9. The SMILES string of the molecule is O=C(O)c1cc2c(C#CCS)cccc2s1. The molecule has 16 heavy (non-hydrogen) atoms. The Morgan fingerprint density at radius 3 is 3.00 bits per heavy atom. The van der Waals surface area contributed by atoms with E-state index in [1.807, 2.05) is 18.2 Å². The number of carbonyl (C=O) groups is 1. The van der Waals surface area contributed by atoms with E-state index in [0.717, 1.165) is 15.6 Å². The van der Waals surface area contributed by atoms with Gasteiger partial charge in [0.25, 0.3) is 0 Å². The maximum Gasteiger partial charge on any atom is 0.345 e. The number of aromatic carboxylic acids is 1. The summed E-state index contributed by atoms with van der Waals surface area (Å²) in [6.07, 6.45) is 0. The van der Waals surface area contributed by atoms with Crippen molar-refractivity contribution in [3.8, 4) is 11.8 Å². The summed E-state index contributed by atoms with van der Waals surface area (Å²) in [5, 5.41) is 9.82. The summed E-state index contributed by atoms with van der Waals surface area (Å²) in [4.78, 5) is 11.2. The molecule has 80 valence electrons. The molecule has 0 atom stereocenters. The molecule has 2 aromatic rings. The van der Waals surface area contributed by atoms with Crippen LogP contribution in [0.15, 0.2) is 24.3 Å². The van der Waals surface area contributed by atoms with Gasteiger partial charge in [-0.15, -0.1) is 11.3 Å². The number of hydrogen-bond donors (Lipinski definition) is 2. The molecule has 1 heterocycles. The lowest BCUT2D eigenvalue weighted by atomic mass is 10.1. The minimum atomic E-state index is -0.894. The molecule has 2 nitrogen and oxygen atoms in total. The first-order valence-corrected chi connectivity index (χ1v) is 6.03. The molecule has 1 N–H and O–H groups in total. The average Bonchev–Trinajstić information content (AvgIpc) is 2.70. The summed E-state index contributed by atoms with van der Waals surface area (Å²) in [5.41, 5.74) is 0.857. The summed E-state index contributed by atoms with van der Waals surface area (Å²) in [5.74, 6) is 5.44. The third kappa shape index (κ3) is 2.06. The van der Waals surface area contributed by atoms with Gasteiger partial charge in [0.2, 0.25) is 0 Å². The minimum absolute atomic E-state index is 0.343. The van der Waals surface area contributed by atoms with Gasteiger partial charge in [-0.05, 0) is 18.2 Å². The van der Waals surface area contributed by atoms with Gasteiger partial charge in [-0.1, -0.05) is 17.9 Å². The van der Waals surface area contributed by atoms with Gasteiger partial charge < -0.3 is 5.11 Å². The van der Waals surface area contributed by atoms with Crippen LogP contribution in [0.1, 0.15) is 15.2 Å². The van der Waals surface area contributed by atoms with Gasteiger partial charge in [-0.3, -0.25) is 0 Å². The van der Waals surface area contributed by atoms with E-state index in [1.165, 1.54) is 11.3 Å². The first kappa shape index (κ1) is 11.1. The van der Waals surface area contributed by atoms with Gasteiger partial charge >= 0.3 is 5.97 Å².